The number of anilines is 1. The van der Waals surface area contributed by atoms with Crippen LogP contribution in [-0.4, -0.2) is 10.9 Å². The number of benzene rings is 2. The molecular weight excluding hydrogens is 284 g/mol. The van der Waals surface area contributed by atoms with Crippen molar-refractivity contribution in [2.24, 2.45) is 0 Å². The third-order valence-corrected chi connectivity index (χ3v) is 3.85. The van der Waals surface area contributed by atoms with Crippen LogP contribution in [0.25, 0.3) is 22.6 Å². The summed E-state index contributed by atoms with van der Waals surface area (Å²) in [6.07, 6.45) is 1.87. The number of amides is 1. The summed E-state index contributed by atoms with van der Waals surface area (Å²) in [5, 5.41) is 4.57. The molecule has 2 N–H and O–H groups in total. The van der Waals surface area contributed by atoms with E-state index in [4.69, 9.17) is 11.6 Å². The Balaban J connectivity index is 1.84. The van der Waals surface area contributed by atoms with Crippen molar-refractivity contribution >= 4 is 45.7 Å². The zero-order chi connectivity index (χ0) is 14.4. The standard InChI is InChI=1S/C17H11ClN2O/c18-11-5-6-13-14(17(21)20-16(13)8-11)9-12-7-10-3-1-2-4-15(10)19-12/h1-9,19H,(H,20,21)/b14-9-. The number of hydrogen-bond donors (Lipinski definition) is 2. The van der Waals surface area contributed by atoms with E-state index in [9.17, 15) is 4.79 Å². The number of carbonyl (C=O) groups excluding carboxylic acids is 1. The molecule has 0 saturated heterocycles. The van der Waals surface area contributed by atoms with Gasteiger partial charge in [0, 0.05) is 21.8 Å². The molecule has 4 heteroatoms. The Bertz CT molecular complexity index is 875. The average Bonchev–Trinajstić information content (AvgIpc) is 3.00. The topological polar surface area (TPSA) is 44.9 Å². The van der Waals surface area contributed by atoms with Crippen molar-refractivity contribution < 1.29 is 4.79 Å². The highest BCUT2D eigenvalue weighted by molar-refractivity contribution is 6.36. The first-order valence-electron chi connectivity index (χ1n) is 6.61. The predicted octanol–water partition coefficient (Wildman–Crippen LogP) is 4.31. The molecule has 0 aliphatic carbocycles. The van der Waals surface area contributed by atoms with Gasteiger partial charge in [0.05, 0.1) is 11.3 Å². The molecule has 0 fully saturated rings. The molecule has 0 saturated carbocycles. The molecule has 1 aliphatic heterocycles. The van der Waals surface area contributed by atoms with E-state index in [1.54, 1.807) is 12.1 Å². The molecule has 3 aromatic rings. The molecule has 0 radical (unpaired) electrons. The van der Waals surface area contributed by atoms with E-state index < -0.39 is 0 Å². The maximum Gasteiger partial charge on any atom is 0.256 e. The van der Waals surface area contributed by atoms with Crippen LogP contribution in [0.4, 0.5) is 5.69 Å². The minimum atomic E-state index is -0.106. The van der Waals surface area contributed by atoms with Crippen molar-refractivity contribution in [3.8, 4) is 0 Å². The minimum Gasteiger partial charge on any atom is -0.355 e. The van der Waals surface area contributed by atoms with Crippen molar-refractivity contribution in [2.75, 3.05) is 5.32 Å². The van der Waals surface area contributed by atoms with Gasteiger partial charge in [-0.05, 0) is 35.7 Å². The van der Waals surface area contributed by atoms with Crippen LogP contribution in [0.5, 0.6) is 0 Å². The highest BCUT2D eigenvalue weighted by atomic mass is 35.5. The fourth-order valence-electron chi connectivity index (χ4n) is 2.64. The fourth-order valence-corrected chi connectivity index (χ4v) is 2.81. The van der Waals surface area contributed by atoms with E-state index >= 15 is 0 Å². The molecule has 0 spiro atoms. The van der Waals surface area contributed by atoms with Crippen molar-refractivity contribution in [3.05, 3.63) is 64.8 Å². The Morgan fingerprint density at radius 1 is 1.05 bits per heavy atom. The zero-order valence-corrected chi connectivity index (χ0v) is 11.7. The molecule has 21 heavy (non-hydrogen) atoms. The lowest BCUT2D eigenvalue weighted by Crippen LogP contribution is -2.03. The van der Waals surface area contributed by atoms with Gasteiger partial charge in [0.2, 0.25) is 0 Å². The van der Waals surface area contributed by atoms with Crippen LogP contribution in [0.15, 0.2) is 48.5 Å². The molecule has 0 unspecified atom stereocenters. The summed E-state index contributed by atoms with van der Waals surface area (Å²) in [7, 11) is 0. The average molecular weight is 295 g/mol. The molecule has 0 bridgehead atoms. The number of hydrogen-bond acceptors (Lipinski definition) is 1. The Hall–Kier alpha value is -2.52. The van der Waals surface area contributed by atoms with Crippen molar-refractivity contribution in [3.63, 3.8) is 0 Å². The van der Waals surface area contributed by atoms with Crippen LogP contribution in [0.2, 0.25) is 5.02 Å². The number of rotatable bonds is 1. The molecule has 3 nitrogen and oxygen atoms in total. The lowest BCUT2D eigenvalue weighted by molar-refractivity contribution is -0.110. The highest BCUT2D eigenvalue weighted by Gasteiger charge is 2.24. The molecule has 0 atom stereocenters. The summed E-state index contributed by atoms with van der Waals surface area (Å²) in [4.78, 5) is 15.4. The van der Waals surface area contributed by atoms with Crippen LogP contribution in [0.3, 0.4) is 0 Å². The number of para-hydroxylation sites is 1. The highest BCUT2D eigenvalue weighted by Crippen LogP contribution is 2.35. The Kier molecular flexibility index (Phi) is 2.62. The monoisotopic (exact) mass is 294 g/mol. The first kappa shape index (κ1) is 12.2. The van der Waals surface area contributed by atoms with E-state index in [1.807, 2.05) is 42.5 Å². The number of nitrogens with one attached hydrogen (secondary N) is 2. The number of fused-ring (bicyclic) bond motifs is 2. The van der Waals surface area contributed by atoms with Crippen LogP contribution < -0.4 is 5.32 Å². The molecule has 1 aliphatic rings. The summed E-state index contributed by atoms with van der Waals surface area (Å²) in [5.74, 6) is -0.106. The number of aromatic amines is 1. The molecule has 2 heterocycles. The molecule has 1 amide bonds. The fraction of sp³-hybridized carbons (Fsp3) is 0. The zero-order valence-electron chi connectivity index (χ0n) is 11.0. The summed E-state index contributed by atoms with van der Waals surface area (Å²) in [5.41, 5.74) is 4.24. The maximum absolute atomic E-state index is 12.1. The van der Waals surface area contributed by atoms with E-state index in [1.165, 1.54) is 0 Å². The van der Waals surface area contributed by atoms with Gasteiger partial charge in [-0.3, -0.25) is 4.79 Å². The first-order chi connectivity index (χ1) is 10.2. The second-order valence-electron chi connectivity index (χ2n) is 5.01. The van der Waals surface area contributed by atoms with Crippen LogP contribution >= 0.6 is 11.6 Å². The van der Waals surface area contributed by atoms with Gasteiger partial charge in [-0.2, -0.15) is 0 Å². The van der Waals surface area contributed by atoms with E-state index in [0.29, 0.717) is 10.6 Å². The Morgan fingerprint density at radius 2 is 1.90 bits per heavy atom. The van der Waals surface area contributed by atoms with Gasteiger partial charge in [-0.15, -0.1) is 0 Å². The van der Waals surface area contributed by atoms with Crippen LogP contribution in [0.1, 0.15) is 11.3 Å². The second-order valence-corrected chi connectivity index (χ2v) is 5.45. The van der Waals surface area contributed by atoms with E-state index in [2.05, 4.69) is 10.3 Å². The lowest BCUT2D eigenvalue weighted by Gasteiger charge is -1.98. The maximum atomic E-state index is 12.1. The molecule has 2 aromatic carbocycles. The number of aromatic nitrogens is 1. The summed E-state index contributed by atoms with van der Waals surface area (Å²) < 4.78 is 0. The molecule has 4 rings (SSSR count). The SMILES string of the molecule is O=C1Nc2cc(Cl)ccc2/C1=C/c1cc2ccccc2[nH]1. The summed E-state index contributed by atoms with van der Waals surface area (Å²) in [6, 6.07) is 15.5. The van der Waals surface area contributed by atoms with Gasteiger partial charge >= 0.3 is 0 Å². The summed E-state index contributed by atoms with van der Waals surface area (Å²) >= 11 is 5.96. The van der Waals surface area contributed by atoms with Gasteiger partial charge in [-0.25, -0.2) is 0 Å². The number of carbonyl (C=O) groups is 1. The Morgan fingerprint density at radius 3 is 2.76 bits per heavy atom. The number of H-pyrrole nitrogens is 1. The third-order valence-electron chi connectivity index (χ3n) is 3.62. The van der Waals surface area contributed by atoms with Crippen LogP contribution in [-0.2, 0) is 4.79 Å². The minimum absolute atomic E-state index is 0.106. The predicted molar refractivity (Wildman–Crippen MR) is 86.3 cm³/mol. The van der Waals surface area contributed by atoms with Gasteiger partial charge in [0.15, 0.2) is 0 Å². The third kappa shape index (κ3) is 2.03. The van der Waals surface area contributed by atoms with Gasteiger partial charge in [-0.1, -0.05) is 35.9 Å². The smallest absolute Gasteiger partial charge is 0.256 e. The molecular formula is C17H11ClN2O. The first-order valence-corrected chi connectivity index (χ1v) is 6.99. The second kappa shape index (κ2) is 4.50. The van der Waals surface area contributed by atoms with Crippen molar-refractivity contribution in [1.29, 1.82) is 0 Å². The van der Waals surface area contributed by atoms with E-state index in [0.717, 1.165) is 27.8 Å². The van der Waals surface area contributed by atoms with Crippen LogP contribution in [0, 0.1) is 0 Å². The molecule has 1 aromatic heterocycles. The summed E-state index contributed by atoms with van der Waals surface area (Å²) in [6.45, 7) is 0. The van der Waals surface area contributed by atoms with Crippen molar-refractivity contribution in [2.45, 2.75) is 0 Å². The number of halogens is 1. The largest absolute Gasteiger partial charge is 0.355 e. The Labute approximate surface area is 126 Å². The normalized spacial score (nSPS) is 15.5. The molecule has 102 valence electrons. The van der Waals surface area contributed by atoms with Gasteiger partial charge in [0.25, 0.3) is 5.91 Å². The van der Waals surface area contributed by atoms with E-state index in [-0.39, 0.29) is 5.91 Å². The van der Waals surface area contributed by atoms with Gasteiger partial charge in [0.1, 0.15) is 0 Å². The lowest BCUT2D eigenvalue weighted by atomic mass is 10.1. The van der Waals surface area contributed by atoms with Crippen molar-refractivity contribution in [1.82, 2.24) is 4.98 Å². The quantitative estimate of drug-likeness (QED) is 0.645. The van der Waals surface area contributed by atoms with Gasteiger partial charge < -0.3 is 10.3 Å².